The number of esters is 1. The van der Waals surface area contributed by atoms with Crippen LogP contribution in [0.1, 0.15) is 32.4 Å². The van der Waals surface area contributed by atoms with Crippen LogP contribution in [0.4, 0.5) is 0 Å². The van der Waals surface area contributed by atoms with Crippen LogP contribution in [0.15, 0.2) is 40.5 Å². The quantitative estimate of drug-likeness (QED) is 0.769. The van der Waals surface area contributed by atoms with E-state index in [0.717, 1.165) is 0 Å². The number of aliphatic imine (C=N–C) groups is 1. The maximum absolute atomic E-state index is 12.7. The van der Waals surface area contributed by atoms with E-state index in [1.807, 2.05) is 25.1 Å². The first-order chi connectivity index (χ1) is 11.5. The summed E-state index contributed by atoms with van der Waals surface area (Å²) in [5, 5.41) is 0.849. The van der Waals surface area contributed by atoms with Gasteiger partial charge in [-0.1, -0.05) is 41.6 Å². The first kappa shape index (κ1) is 17.0. The smallest absolute Gasteiger partial charge is 0.338 e. The van der Waals surface area contributed by atoms with E-state index in [4.69, 9.17) is 16.3 Å². The van der Waals surface area contributed by atoms with Gasteiger partial charge in [0, 0.05) is 5.02 Å². The zero-order chi connectivity index (χ0) is 17.4. The van der Waals surface area contributed by atoms with Gasteiger partial charge in [0.25, 0.3) is 0 Å². The third kappa shape index (κ3) is 2.74. The fraction of sp³-hybridized carbons (Fsp3) is 0.353. The fourth-order valence-electron chi connectivity index (χ4n) is 2.86. The average molecular weight is 365 g/mol. The number of nitrogens with zero attached hydrogens (tertiary/aromatic N) is 2. The molecule has 24 heavy (non-hydrogen) atoms. The number of hydrogen-bond donors (Lipinski definition) is 0. The zero-order valence-corrected chi connectivity index (χ0v) is 15.1. The highest BCUT2D eigenvalue weighted by Gasteiger charge is 2.46. The van der Waals surface area contributed by atoms with Crippen molar-refractivity contribution in [2.75, 3.05) is 6.61 Å². The van der Waals surface area contributed by atoms with Gasteiger partial charge in [-0.05, 0) is 32.4 Å². The molecule has 0 bridgehead atoms. The van der Waals surface area contributed by atoms with Crippen molar-refractivity contribution in [3.63, 3.8) is 0 Å². The van der Waals surface area contributed by atoms with E-state index in [1.54, 1.807) is 24.8 Å². The lowest BCUT2D eigenvalue weighted by Crippen LogP contribution is -2.40. The lowest BCUT2D eigenvalue weighted by Gasteiger charge is -2.33. The molecule has 1 aromatic rings. The van der Waals surface area contributed by atoms with Crippen molar-refractivity contribution < 1.29 is 14.3 Å². The van der Waals surface area contributed by atoms with Crippen LogP contribution in [0.2, 0.25) is 5.02 Å². The van der Waals surface area contributed by atoms with E-state index in [9.17, 15) is 9.59 Å². The van der Waals surface area contributed by atoms with E-state index in [2.05, 4.69) is 4.99 Å². The van der Waals surface area contributed by atoms with Gasteiger partial charge in [-0.2, -0.15) is 0 Å². The SMILES string of the molecule is CCOC(=O)C1=C(C)N=C2SC(C)C(=O)N2C1c1ccccc1Cl. The minimum absolute atomic E-state index is 0.0852. The number of thioether (sulfide) groups is 1. The Balaban J connectivity index is 2.18. The van der Waals surface area contributed by atoms with Crippen molar-refractivity contribution >= 4 is 40.4 Å². The maximum Gasteiger partial charge on any atom is 0.338 e. The number of amidine groups is 1. The molecule has 2 aliphatic rings. The van der Waals surface area contributed by atoms with Crippen LogP contribution in [-0.2, 0) is 14.3 Å². The molecule has 0 aromatic heterocycles. The molecule has 2 atom stereocenters. The second kappa shape index (κ2) is 6.61. The summed E-state index contributed by atoms with van der Waals surface area (Å²) < 4.78 is 5.20. The number of fused-ring (bicyclic) bond motifs is 1. The Hall–Kier alpha value is -1.79. The summed E-state index contributed by atoms with van der Waals surface area (Å²) >= 11 is 7.76. The molecule has 0 aliphatic carbocycles. The Morgan fingerprint density at radius 3 is 2.79 bits per heavy atom. The first-order valence-electron chi connectivity index (χ1n) is 7.66. The molecule has 0 saturated carbocycles. The minimum atomic E-state index is -0.616. The number of carbonyl (C=O) groups excluding carboxylic acids is 2. The van der Waals surface area contributed by atoms with Gasteiger partial charge in [0.2, 0.25) is 5.91 Å². The molecule has 0 spiro atoms. The van der Waals surface area contributed by atoms with Crippen LogP contribution >= 0.6 is 23.4 Å². The number of rotatable bonds is 3. The molecule has 1 aromatic carbocycles. The van der Waals surface area contributed by atoms with Crippen molar-refractivity contribution in [1.29, 1.82) is 0 Å². The summed E-state index contributed by atoms with van der Waals surface area (Å²) in [6.45, 7) is 5.58. The van der Waals surface area contributed by atoms with E-state index in [1.165, 1.54) is 11.8 Å². The summed E-state index contributed by atoms with van der Waals surface area (Å²) in [7, 11) is 0. The van der Waals surface area contributed by atoms with Gasteiger partial charge in [0.1, 0.15) is 0 Å². The lowest BCUT2D eigenvalue weighted by molar-refractivity contribution is -0.139. The lowest BCUT2D eigenvalue weighted by atomic mass is 9.94. The average Bonchev–Trinajstić information content (AvgIpc) is 2.81. The van der Waals surface area contributed by atoms with Gasteiger partial charge in [-0.3, -0.25) is 9.69 Å². The van der Waals surface area contributed by atoms with Crippen LogP contribution in [0.3, 0.4) is 0 Å². The second-order valence-corrected chi connectivity index (χ2v) is 7.22. The molecule has 7 heteroatoms. The number of hydrogen-bond acceptors (Lipinski definition) is 5. The van der Waals surface area contributed by atoms with Crippen molar-refractivity contribution in [2.45, 2.75) is 32.1 Å². The molecule has 0 N–H and O–H groups in total. The van der Waals surface area contributed by atoms with Crippen LogP contribution in [0, 0.1) is 0 Å². The van der Waals surface area contributed by atoms with Gasteiger partial charge in [0.15, 0.2) is 5.17 Å². The summed E-state index contributed by atoms with van der Waals surface area (Å²) in [5.41, 5.74) is 1.60. The number of allylic oxidation sites excluding steroid dienone is 1. The number of amides is 1. The van der Waals surface area contributed by atoms with Gasteiger partial charge >= 0.3 is 5.97 Å². The van der Waals surface area contributed by atoms with Crippen LogP contribution < -0.4 is 0 Å². The van der Waals surface area contributed by atoms with Crippen molar-refractivity contribution in [2.24, 2.45) is 4.99 Å². The normalized spacial score (nSPS) is 23.2. The molecule has 1 amide bonds. The monoisotopic (exact) mass is 364 g/mol. The zero-order valence-electron chi connectivity index (χ0n) is 13.6. The number of benzene rings is 1. The van der Waals surface area contributed by atoms with Crippen LogP contribution in [-0.4, -0.2) is 33.8 Å². The Labute approximate surface area is 149 Å². The Morgan fingerprint density at radius 2 is 2.12 bits per heavy atom. The van der Waals surface area contributed by atoms with E-state index in [0.29, 0.717) is 27.0 Å². The molecular weight excluding hydrogens is 348 g/mol. The van der Waals surface area contributed by atoms with E-state index in [-0.39, 0.29) is 17.8 Å². The molecule has 0 radical (unpaired) electrons. The standard InChI is InChI=1S/C17H17ClN2O3S/c1-4-23-16(22)13-9(2)19-17-20(15(21)10(3)24-17)14(13)11-7-5-6-8-12(11)18/h5-8,10,14H,4H2,1-3H3. The van der Waals surface area contributed by atoms with Gasteiger partial charge in [0.05, 0.1) is 29.2 Å². The van der Waals surface area contributed by atoms with Gasteiger partial charge in [-0.15, -0.1) is 0 Å². The summed E-state index contributed by atoms with van der Waals surface area (Å²) in [6, 6.07) is 6.60. The minimum Gasteiger partial charge on any atom is -0.463 e. The molecule has 126 valence electrons. The third-order valence-corrected chi connectivity index (χ3v) is 5.35. The Morgan fingerprint density at radius 1 is 1.42 bits per heavy atom. The van der Waals surface area contributed by atoms with Gasteiger partial charge < -0.3 is 4.74 Å². The molecule has 1 saturated heterocycles. The predicted molar refractivity (Wildman–Crippen MR) is 94.9 cm³/mol. The van der Waals surface area contributed by atoms with Crippen molar-refractivity contribution in [1.82, 2.24) is 4.90 Å². The summed E-state index contributed by atoms with van der Waals surface area (Å²) in [6.07, 6.45) is 0. The van der Waals surface area contributed by atoms with Gasteiger partial charge in [-0.25, -0.2) is 9.79 Å². The van der Waals surface area contributed by atoms with Crippen LogP contribution in [0.25, 0.3) is 0 Å². The highest BCUT2D eigenvalue weighted by atomic mass is 35.5. The molecule has 3 rings (SSSR count). The molecular formula is C17H17ClN2O3S. The van der Waals surface area contributed by atoms with E-state index >= 15 is 0 Å². The van der Waals surface area contributed by atoms with Crippen molar-refractivity contribution in [3.8, 4) is 0 Å². The van der Waals surface area contributed by atoms with Crippen LogP contribution in [0.5, 0.6) is 0 Å². The highest BCUT2D eigenvalue weighted by Crippen LogP contribution is 2.44. The third-order valence-electron chi connectivity index (χ3n) is 3.95. The number of ether oxygens (including phenoxy) is 1. The second-order valence-electron chi connectivity index (χ2n) is 5.51. The maximum atomic E-state index is 12.7. The molecule has 2 unspecified atom stereocenters. The van der Waals surface area contributed by atoms with E-state index < -0.39 is 12.0 Å². The highest BCUT2D eigenvalue weighted by molar-refractivity contribution is 8.15. The molecule has 2 heterocycles. The molecule has 5 nitrogen and oxygen atoms in total. The Kier molecular flexibility index (Phi) is 4.69. The number of halogens is 1. The summed E-state index contributed by atoms with van der Waals surface area (Å²) in [4.78, 5) is 31.2. The topological polar surface area (TPSA) is 59.0 Å². The fourth-order valence-corrected chi connectivity index (χ4v) is 4.13. The largest absolute Gasteiger partial charge is 0.463 e. The van der Waals surface area contributed by atoms with Crippen molar-refractivity contribution in [3.05, 3.63) is 46.1 Å². The summed E-state index contributed by atoms with van der Waals surface area (Å²) in [5.74, 6) is -0.557. The molecule has 2 aliphatic heterocycles. The number of carbonyl (C=O) groups is 2. The predicted octanol–water partition coefficient (Wildman–Crippen LogP) is 3.55. The Bertz CT molecular complexity index is 775. The first-order valence-corrected chi connectivity index (χ1v) is 8.92. The molecule has 1 fully saturated rings.